The maximum atomic E-state index is 2.79. The van der Waals surface area contributed by atoms with Crippen LogP contribution in [0.25, 0.3) is 0 Å². The van der Waals surface area contributed by atoms with E-state index < -0.39 is 8.40 Å². The molecule has 0 atom stereocenters. The van der Waals surface area contributed by atoms with E-state index in [-0.39, 0.29) is 0 Å². The van der Waals surface area contributed by atoms with Gasteiger partial charge in [-0.2, -0.15) is 0 Å². The van der Waals surface area contributed by atoms with Crippen LogP contribution >= 0.6 is 0 Å². The summed E-state index contributed by atoms with van der Waals surface area (Å²) in [6.07, 6.45) is 7.92. The van der Waals surface area contributed by atoms with Crippen LogP contribution in [0.3, 0.4) is 0 Å². The smallest absolute Gasteiger partial charge is 0.228 e. The SMILES string of the molecule is CC=C[Si](C)(N1CCCC1)N1CCCC1. The van der Waals surface area contributed by atoms with Crippen LogP contribution in [0.4, 0.5) is 0 Å². The predicted molar refractivity (Wildman–Crippen MR) is 68.0 cm³/mol. The molecule has 0 saturated carbocycles. The molecule has 0 aliphatic carbocycles. The molecule has 2 fully saturated rings. The molecule has 0 spiro atoms. The van der Waals surface area contributed by atoms with Crippen LogP contribution in [0.15, 0.2) is 11.8 Å². The van der Waals surface area contributed by atoms with Gasteiger partial charge in [-0.1, -0.05) is 11.8 Å². The van der Waals surface area contributed by atoms with E-state index in [0.717, 1.165) is 0 Å². The second-order valence-electron chi connectivity index (χ2n) is 4.98. The van der Waals surface area contributed by atoms with Gasteiger partial charge < -0.3 is 9.13 Å². The number of allylic oxidation sites excluding steroid dienone is 1. The van der Waals surface area contributed by atoms with E-state index >= 15 is 0 Å². The number of hydrogen-bond donors (Lipinski definition) is 0. The fraction of sp³-hybridized carbons (Fsp3) is 0.833. The Labute approximate surface area is 95.1 Å². The maximum absolute atomic E-state index is 2.79. The first kappa shape index (κ1) is 11.4. The third kappa shape index (κ3) is 2.19. The highest BCUT2D eigenvalue weighted by Gasteiger charge is 2.40. The normalized spacial score (nSPS) is 25.7. The van der Waals surface area contributed by atoms with Crippen LogP contribution in [0.2, 0.25) is 6.55 Å². The van der Waals surface area contributed by atoms with Gasteiger partial charge in [-0.25, -0.2) is 0 Å². The molecule has 0 N–H and O–H groups in total. The van der Waals surface area contributed by atoms with Gasteiger partial charge in [-0.3, -0.25) is 0 Å². The second kappa shape index (κ2) is 4.81. The molecule has 0 aromatic carbocycles. The molecule has 0 bridgehead atoms. The molecular weight excluding hydrogens is 200 g/mol. The summed E-state index contributed by atoms with van der Waals surface area (Å²) >= 11 is 0. The van der Waals surface area contributed by atoms with Gasteiger partial charge in [0.25, 0.3) is 0 Å². The molecule has 2 rings (SSSR count). The second-order valence-corrected chi connectivity index (χ2v) is 8.77. The lowest BCUT2D eigenvalue weighted by atomic mass is 10.4. The summed E-state index contributed by atoms with van der Waals surface area (Å²) in [7, 11) is -1.40. The van der Waals surface area contributed by atoms with Gasteiger partial charge in [0.1, 0.15) is 0 Å². The standard InChI is InChI=1S/C12H24N2Si/c1-3-12-15(2,13-8-4-5-9-13)14-10-6-7-11-14/h3,12H,4-11H2,1-2H3. The van der Waals surface area contributed by atoms with Gasteiger partial charge in [-0.15, -0.1) is 0 Å². The zero-order chi connectivity index (χ0) is 10.7. The lowest BCUT2D eigenvalue weighted by Gasteiger charge is -2.41. The molecule has 0 amide bonds. The van der Waals surface area contributed by atoms with E-state index in [0.29, 0.717) is 0 Å². The van der Waals surface area contributed by atoms with Gasteiger partial charge in [-0.05, 0) is 65.3 Å². The molecule has 2 aliphatic rings. The Hall–Kier alpha value is -0.123. The van der Waals surface area contributed by atoms with Gasteiger partial charge in [0, 0.05) is 0 Å². The van der Waals surface area contributed by atoms with Crippen LogP contribution in [0, 0.1) is 0 Å². The van der Waals surface area contributed by atoms with Crippen molar-refractivity contribution in [2.75, 3.05) is 26.2 Å². The molecule has 2 aliphatic heterocycles. The first-order valence-corrected chi connectivity index (χ1v) is 8.88. The van der Waals surface area contributed by atoms with Crippen LogP contribution in [-0.2, 0) is 0 Å². The Kier molecular flexibility index (Phi) is 3.64. The van der Waals surface area contributed by atoms with Gasteiger partial charge in [0.15, 0.2) is 0 Å². The summed E-state index contributed by atoms with van der Waals surface area (Å²) in [5, 5.41) is 0. The average Bonchev–Trinajstić information content (AvgIpc) is 2.92. The maximum Gasteiger partial charge on any atom is 0.228 e. The molecule has 2 saturated heterocycles. The summed E-state index contributed by atoms with van der Waals surface area (Å²) < 4.78 is 5.58. The van der Waals surface area contributed by atoms with Crippen LogP contribution in [-0.4, -0.2) is 43.7 Å². The van der Waals surface area contributed by atoms with Crippen molar-refractivity contribution in [1.82, 2.24) is 9.13 Å². The Morgan fingerprint density at radius 3 is 1.60 bits per heavy atom. The Balaban J connectivity index is 2.13. The molecule has 3 heteroatoms. The third-order valence-corrected chi connectivity index (χ3v) is 8.40. The molecule has 0 unspecified atom stereocenters. The van der Waals surface area contributed by atoms with Crippen LogP contribution in [0.1, 0.15) is 32.6 Å². The van der Waals surface area contributed by atoms with E-state index in [4.69, 9.17) is 0 Å². The van der Waals surface area contributed by atoms with Crippen molar-refractivity contribution >= 4 is 8.40 Å². The van der Waals surface area contributed by atoms with Crippen molar-refractivity contribution in [2.45, 2.75) is 39.2 Å². The minimum Gasteiger partial charge on any atom is -0.309 e. The van der Waals surface area contributed by atoms with Crippen molar-refractivity contribution in [2.24, 2.45) is 0 Å². The molecule has 0 aromatic rings. The highest BCUT2D eigenvalue weighted by atomic mass is 28.3. The molecule has 0 radical (unpaired) electrons. The van der Waals surface area contributed by atoms with Crippen molar-refractivity contribution in [3.63, 3.8) is 0 Å². The molecule has 0 aromatic heterocycles. The van der Waals surface area contributed by atoms with Crippen molar-refractivity contribution in [1.29, 1.82) is 0 Å². The Bertz CT molecular complexity index is 212. The summed E-state index contributed by atoms with van der Waals surface area (Å²) in [4.78, 5) is 0. The van der Waals surface area contributed by atoms with Gasteiger partial charge >= 0.3 is 0 Å². The Morgan fingerprint density at radius 2 is 1.27 bits per heavy atom. The molecule has 2 nitrogen and oxygen atoms in total. The first-order valence-electron chi connectivity index (χ1n) is 6.41. The molecule has 15 heavy (non-hydrogen) atoms. The van der Waals surface area contributed by atoms with E-state index in [2.05, 4.69) is 34.4 Å². The number of nitrogens with zero attached hydrogens (tertiary/aromatic N) is 2. The third-order valence-electron chi connectivity index (χ3n) is 3.97. The fourth-order valence-corrected chi connectivity index (χ4v) is 6.96. The summed E-state index contributed by atoms with van der Waals surface area (Å²) in [6, 6.07) is 0. The van der Waals surface area contributed by atoms with Crippen LogP contribution < -0.4 is 0 Å². The largest absolute Gasteiger partial charge is 0.309 e. The zero-order valence-corrected chi connectivity index (χ0v) is 11.2. The topological polar surface area (TPSA) is 6.48 Å². The zero-order valence-electron chi connectivity index (χ0n) is 10.2. The minimum absolute atomic E-state index is 1.34. The summed E-state index contributed by atoms with van der Waals surface area (Å²) in [5.41, 5.74) is 2.53. The van der Waals surface area contributed by atoms with Gasteiger partial charge in [0.2, 0.25) is 8.40 Å². The average molecular weight is 224 g/mol. The fourth-order valence-electron chi connectivity index (χ4n) is 3.07. The van der Waals surface area contributed by atoms with Gasteiger partial charge in [0.05, 0.1) is 0 Å². The van der Waals surface area contributed by atoms with E-state index in [1.54, 1.807) is 0 Å². The Morgan fingerprint density at radius 1 is 0.867 bits per heavy atom. The highest BCUT2D eigenvalue weighted by molar-refractivity contribution is 6.78. The molecule has 2 heterocycles. The minimum atomic E-state index is -1.40. The van der Waals surface area contributed by atoms with E-state index in [9.17, 15) is 0 Å². The first-order chi connectivity index (χ1) is 7.27. The number of rotatable bonds is 3. The van der Waals surface area contributed by atoms with Crippen molar-refractivity contribution in [3.05, 3.63) is 11.8 Å². The number of hydrogen-bond acceptors (Lipinski definition) is 2. The molecular formula is C12H24N2Si. The van der Waals surface area contributed by atoms with Crippen molar-refractivity contribution < 1.29 is 0 Å². The quantitative estimate of drug-likeness (QED) is 0.679. The van der Waals surface area contributed by atoms with Crippen molar-refractivity contribution in [3.8, 4) is 0 Å². The lowest BCUT2D eigenvalue weighted by Crippen LogP contribution is -2.61. The monoisotopic (exact) mass is 224 g/mol. The van der Waals surface area contributed by atoms with E-state index in [1.165, 1.54) is 51.9 Å². The van der Waals surface area contributed by atoms with Crippen LogP contribution in [0.5, 0.6) is 0 Å². The summed E-state index contributed by atoms with van der Waals surface area (Å²) in [5.74, 6) is 0. The lowest BCUT2D eigenvalue weighted by molar-refractivity contribution is 0.411. The molecule has 86 valence electrons. The summed E-state index contributed by atoms with van der Waals surface area (Å²) in [6.45, 7) is 10.1. The highest BCUT2D eigenvalue weighted by Crippen LogP contribution is 2.26. The predicted octanol–water partition coefficient (Wildman–Crippen LogP) is 2.37. The van der Waals surface area contributed by atoms with E-state index in [1.807, 2.05) is 0 Å².